The zero-order valence-corrected chi connectivity index (χ0v) is 14.2. The molecule has 3 N–H and O–H groups in total. The minimum atomic E-state index is -0.569. The first-order valence-electron chi connectivity index (χ1n) is 8.25. The summed E-state index contributed by atoms with van der Waals surface area (Å²) in [5.41, 5.74) is 0. The van der Waals surface area contributed by atoms with Crippen LogP contribution in [0.15, 0.2) is 0 Å². The van der Waals surface area contributed by atoms with Crippen LogP contribution < -0.4 is 10.6 Å². The van der Waals surface area contributed by atoms with Crippen LogP contribution in [-0.4, -0.2) is 49.5 Å². The monoisotopic (exact) mass is 302 g/mol. The normalized spacial score (nSPS) is 14.2. The van der Waals surface area contributed by atoms with Gasteiger partial charge in [-0.3, -0.25) is 4.79 Å². The average molecular weight is 302 g/mol. The summed E-state index contributed by atoms with van der Waals surface area (Å²) >= 11 is 0. The molecule has 0 heterocycles. The van der Waals surface area contributed by atoms with Gasteiger partial charge in [0.25, 0.3) is 0 Å². The van der Waals surface area contributed by atoms with Gasteiger partial charge in [-0.2, -0.15) is 0 Å². The Labute approximate surface area is 129 Å². The molecule has 0 aliphatic carbocycles. The fourth-order valence-electron chi connectivity index (χ4n) is 2.05. The second-order valence-electron chi connectivity index (χ2n) is 5.96. The number of carbonyl (C=O) groups excluding carboxylic acids is 1. The van der Waals surface area contributed by atoms with Crippen molar-refractivity contribution >= 4 is 5.91 Å². The van der Waals surface area contributed by atoms with Crippen molar-refractivity contribution in [3.8, 4) is 0 Å². The molecule has 0 saturated carbocycles. The van der Waals surface area contributed by atoms with Crippen LogP contribution in [0.3, 0.4) is 0 Å². The summed E-state index contributed by atoms with van der Waals surface area (Å²) in [6, 6.07) is 0.140. The molecular weight excluding hydrogens is 268 g/mol. The Morgan fingerprint density at radius 1 is 1.24 bits per heavy atom. The SMILES string of the molecule is CCCCC(CC)COCC(O)CNCC(=O)NC(C)C. The number of aliphatic hydroxyl groups excluding tert-OH is 1. The predicted octanol–water partition coefficient (Wildman–Crippen LogP) is 1.69. The van der Waals surface area contributed by atoms with Crippen LogP contribution in [0, 0.1) is 5.92 Å². The van der Waals surface area contributed by atoms with Crippen molar-refractivity contribution < 1.29 is 14.6 Å². The molecule has 2 atom stereocenters. The Bertz CT molecular complexity index is 260. The van der Waals surface area contributed by atoms with Gasteiger partial charge in [-0.1, -0.05) is 33.1 Å². The topological polar surface area (TPSA) is 70.6 Å². The predicted molar refractivity (Wildman–Crippen MR) is 86.3 cm³/mol. The van der Waals surface area contributed by atoms with Crippen molar-refractivity contribution in [3.63, 3.8) is 0 Å². The van der Waals surface area contributed by atoms with Crippen molar-refractivity contribution in [1.29, 1.82) is 0 Å². The van der Waals surface area contributed by atoms with Crippen molar-refractivity contribution in [3.05, 3.63) is 0 Å². The van der Waals surface area contributed by atoms with Crippen LogP contribution in [0.2, 0.25) is 0 Å². The minimum absolute atomic E-state index is 0.0521. The molecule has 1 amide bonds. The summed E-state index contributed by atoms with van der Waals surface area (Å²) in [7, 11) is 0. The van der Waals surface area contributed by atoms with E-state index in [2.05, 4.69) is 24.5 Å². The third-order valence-electron chi connectivity index (χ3n) is 3.32. The number of unbranched alkanes of at least 4 members (excludes halogenated alkanes) is 1. The molecule has 5 heteroatoms. The molecule has 2 unspecified atom stereocenters. The summed E-state index contributed by atoms with van der Waals surface area (Å²) in [6.07, 6.45) is 4.18. The lowest BCUT2D eigenvalue weighted by atomic mass is 10.0. The Kier molecular flexibility index (Phi) is 12.6. The smallest absolute Gasteiger partial charge is 0.234 e. The first kappa shape index (κ1) is 20.3. The van der Waals surface area contributed by atoms with Crippen LogP contribution in [0.25, 0.3) is 0 Å². The first-order chi connectivity index (χ1) is 9.99. The molecule has 0 radical (unpaired) electrons. The number of hydrogen-bond donors (Lipinski definition) is 3. The molecule has 0 aromatic carbocycles. The Morgan fingerprint density at radius 2 is 1.95 bits per heavy atom. The molecule has 5 nitrogen and oxygen atoms in total. The quantitative estimate of drug-likeness (QED) is 0.484. The number of amides is 1. The van der Waals surface area contributed by atoms with Crippen LogP contribution in [0.5, 0.6) is 0 Å². The third-order valence-corrected chi connectivity index (χ3v) is 3.32. The van der Waals surface area contributed by atoms with E-state index < -0.39 is 6.10 Å². The number of nitrogens with one attached hydrogen (secondary N) is 2. The molecule has 0 fully saturated rings. The molecule has 21 heavy (non-hydrogen) atoms. The summed E-state index contributed by atoms with van der Waals surface area (Å²) in [4.78, 5) is 11.4. The summed E-state index contributed by atoms with van der Waals surface area (Å²) < 4.78 is 5.58. The van der Waals surface area contributed by atoms with Crippen LogP contribution >= 0.6 is 0 Å². The van der Waals surface area contributed by atoms with Gasteiger partial charge in [0, 0.05) is 19.2 Å². The maximum atomic E-state index is 11.4. The van der Waals surface area contributed by atoms with Gasteiger partial charge in [-0.25, -0.2) is 0 Å². The number of rotatable bonds is 13. The van der Waals surface area contributed by atoms with E-state index in [1.165, 1.54) is 19.3 Å². The zero-order valence-electron chi connectivity index (χ0n) is 14.2. The van der Waals surface area contributed by atoms with Crippen molar-refractivity contribution in [1.82, 2.24) is 10.6 Å². The number of hydrogen-bond acceptors (Lipinski definition) is 4. The first-order valence-corrected chi connectivity index (χ1v) is 8.25. The van der Waals surface area contributed by atoms with E-state index in [9.17, 15) is 9.90 Å². The highest BCUT2D eigenvalue weighted by Gasteiger charge is 2.09. The van der Waals surface area contributed by atoms with Gasteiger partial charge in [0.1, 0.15) is 0 Å². The fourth-order valence-corrected chi connectivity index (χ4v) is 2.05. The molecule has 0 spiro atoms. The highest BCUT2D eigenvalue weighted by molar-refractivity contribution is 5.78. The Hall–Kier alpha value is -0.650. The van der Waals surface area contributed by atoms with Crippen molar-refractivity contribution in [2.45, 2.75) is 65.5 Å². The maximum Gasteiger partial charge on any atom is 0.234 e. The molecule has 0 saturated heterocycles. The lowest BCUT2D eigenvalue weighted by Gasteiger charge is -2.17. The van der Waals surface area contributed by atoms with Crippen LogP contribution in [-0.2, 0) is 9.53 Å². The third kappa shape index (κ3) is 12.8. The van der Waals surface area contributed by atoms with Crippen LogP contribution in [0.4, 0.5) is 0 Å². The van der Waals surface area contributed by atoms with Gasteiger partial charge in [-0.05, 0) is 26.2 Å². The van der Waals surface area contributed by atoms with Crippen molar-refractivity contribution in [2.24, 2.45) is 5.92 Å². The lowest BCUT2D eigenvalue weighted by Crippen LogP contribution is -2.40. The molecule has 0 aromatic heterocycles. The summed E-state index contributed by atoms with van der Waals surface area (Å²) in [5, 5.41) is 15.5. The molecule has 0 bridgehead atoms. The number of carbonyl (C=O) groups is 1. The molecular formula is C16H34N2O3. The van der Waals surface area contributed by atoms with Gasteiger partial charge in [-0.15, -0.1) is 0 Å². The summed E-state index contributed by atoms with van der Waals surface area (Å²) in [6.45, 7) is 9.84. The number of aliphatic hydroxyl groups is 1. The largest absolute Gasteiger partial charge is 0.389 e. The highest BCUT2D eigenvalue weighted by Crippen LogP contribution is 2.12. The van der Waals surface area contributed by atoms with Gasteiger partial charge in [0.15, 0.2) is 0 Å². The van der Waals surface area contributed by atoms with E-state index in [4.69, 9.17) is 4.74 Å². The average Bonchev–Trinajstić information content (AvgIpc) is 2.41. The van der Waals surface area contributed by atoms with E-state index in [0.29, 0.717) is 25.7 Å². The van der Waals surface area contributed by atoms with Gasteiger partial charge < -0.3 is 20.5 Å². The Morgan fingerprint density at radius 3 is 2.52 bits per heavy atom. The Balaban J connectivity index is 3.61. The molecule has 0 rings (SSSR count). The van der Waals surface area contributed by atoms with E-state index in [-0.39, 0.29) is 18.5 Å². The minimum Gasteiger partial charge on any atom is -0.389 e. The highest BCUT2D eigenvalue weighted by atomic mass is 16.5. The standard InChI is InChI=1S/C16H34N2O3/c1-5-7-8-14(6-2)11-21-12-15(19)9-17-10-16(20)18-13(3)4/h13-15,17,19H,5-12H2,1-4H3,(H,18,20). The maximum absolute atomic E-state index is 11.4. The van der Waals surface area contributed by atoms with Gasteiger partial charge >= 0.3 is 0 Å². The summed E-state index contributed by atoms with van der Waals surface area (Å²) in [5.74, 6) is 0.533. The second-order valence-corrected chi connectivity index (χ2v) is 5.96. The molecule has 0 aromatic rings. The second kappa shape index (κ2) is 13.0. The molecule has 0 aliphatic heterocycles. The zero-order chi connectivity index (χ0) is 16.1. The van der Waals surface area contributed by atoms with E-state index in [1.807, 2.05) is 13.8 Å². The molecule has 126 valence electrons. The number of ether oxygens (including phenoxy) is 1. The van der Waals surface area contributed by atoms with E-state index in [0.717, 1.165) is 6.42 Å². The van der Waals surface area contributed by atoms with Crippen LogP contribution in [0.1, 0.15) is 53.4 Å². The lowest BCUT2D eigenvalue weighted by molar-refractivity contribution is -0.120. The molecule has 0 aliphatic rings. The van der Waals surface area contributed by atoms with Gasteiger partial charge in [0.05, 0.1) is 19.3 Å². The fraction of sp³-hybridized carbons (Fsp3) is 0.938. The van der Waals surface area contributed by atoms with E-state index in [1.54, 1.807) is 0 Å². The van der Waals surface area contributed by atoms with Crippen molar-refractivity contribution in [2.75, 3.05) is 26.3 Å². The van der Waals surface area contributed by atoms with Gasteiger partial charge in [0.2, 0.25) is 5.91 Å². The van der Waals surface area contributed by atoms with E-state index >= 15 is 0 Å².